The lowest BCUT2D eigenvalue weighted by molar-refractivity contribution is 0.0706. The Morgan fingerprint density at radius 3 is 2.88 bits per heavy atom. The van der Waals surface area contributed by atoms with Crippen molar-refractivity contribution < 1.29 is 9.90 Å². The minimum Gasteiger partial charge on any atom is -0.507 e. The predicted molar refractivity (Wildman–Crippen MR) is 61.2 cm³/mol. The molecule has 0 spiro atoms. The second kappa shape index (κ2) is 4.53. The Morgan fingerprint density at radius 1 is 1.44 bits per heavy atom. The van der Waals surface area contributed by atoms with Gasteiger partial charge in [-0.25, -0.2) is 0 Å². The summed E-state index contributed by atoms with van der Waals surface area (Å²) in [5, 5.41) is 9.60. The lowest BCUT2D eigenvalue weighted by Crippen LogP contribution is -2.45. The summed E-state index contributed by atoms with van der Waals surface area (Å²) in [6.45, 7) is 1.30. The standard InChI is InChI=1S/C12H16N2O2/c13-9-4-3-7-14(8-9)12(16)10-5-1-2-6-11(10)15/h1-2,5-6,9,15H,3-4,7-8,13H2/t9-/m1/s1. The number of nitrogens with two attached hydrogens (primary N) is 1. The van der Waals surface area contributed by atoms with Crippen molar-refractivity contribution in [3.05, 3.63) is 29.8 Å². The number of benzene rings is 1. The molecule has 1 aliphatic heterocycles. The average molecular weight is 220 g/mol. The number of likely N-dealkylation sites (tertiary alicyclic amines) is 1. The average Bonchev–Trinajstić information content (AvgIpc) is 2.29. The quantitative estimate of drug-likeness (QED) is 0.740. The van der Waals surface area contributed by atoms with Gasteiger partial charge < -0.3 is 15.7 Å². The molecule has 1 saturated heterocycles. The van der Waals surface area contributed by atoms with Gasteiger partial charge in [0.1, 0.15) is 5.75 Å². The largest absolute Gasteiger partial charge is 0.507 e. The van der Waals surface area contributed by atoms with Gasteiger partial charge in [-0.15, -0.1) is 0 Å². The van der Waals surface area contributed by atoms with Crippen molar-refractivity contribution in [3.8, 4) is 5.75 Å². The number of hydrogen-bond donors (Lipinski definition) is 2. The molecular weight excluding hydrogens is 204 g/mol. The summed E-state index contributed by atoms with van der Waals surface area (Å²) in [6.07, 6.45) is 1.89. The van der Waals surface area contributed by atoms with Gasteiger partial charge in [0.25, 0.3) is 5.91 Å². The van der Waals surface area contributed by atoms with Crippen molar-refractivity contribution in [2.24, 2.45) is 5.73 Å². The first kappa shape index (κ1) is 11.0. The molecule has 1 atom stereocenters. The number of carbonyl (C=O) groups excluding carboxylic acids is 1. The van der Waals surface area contributed by atoms with Crippen LogP contribution < -0.4 is 5.73 Å². The fourth-order valence-corrected chi connectivity index (χ4v) is 2.02. The number of rotatable bonds is 1. The molecule has 0 saturated carbocycles. The Hall–Kier alpha value is -1.55. The van der Waals surface area contributed by atoms with Gasteiger partial charge in [0, 0.05) is 19.1 Å². The maximum Gasteiger partial charge on any atom is 0.257 e. The number of phenols is 1. The zero-order valence-corrected chi connectivity index (χ0v) is 9.10. The fraction of sp³-hybridized carbons (Fsp3) is 0.417. The van der Waals surface area contributed by atoms with Crippen LogP contribution in [0.25, 0.3) is 0 Å². The van der Waals surface area contributed by atoms with Crippen molar-refractivity contribution in [1.29, 1.82) is 0 Å². The van der Waals surface area contributed by atoms with E-state index in [1.54, 1.807) is 23.1 Å². The number of piperidine rings is 1. The second-order valence-electron chi connectivity index (χ2n) is 4.17. The molecule has 0 unspecified atom stereocenters. The molecule has 0 aromatic heterocycles. The lowest BCUT2D eigenvalue weighted by Gasteiger charge is -2.30. The molecule has 16 heavy (non-hydrogen) atoms. The van der Waals surface area contributed by atoms with E-state index in [1.165, 1.54) is 6.07 Å². The minimum atomic E-state index is -0.131. The van der Waals surface area contributed by atoms with Crippen LogP contribution in [0.4, 0.5) is 0 Å². The maximum atomic E-state index is 12.1. The number of phenolic OH excluding ortho intramolecular Hbond substituents is 1. The van der Waals surface area contributed by atoms with E-state index in [4.69, 9.17) is 5.73 Å². The van der Waals surface area contributed by atoms with Crippen LogP contribution in [0.15, 0.2) is 24.3 Å². The van der Waals surface area contributed by atoms with Crippen molar-refractivity contribution in [1.82, 2.24) is 4.90 Å². The molecule has 1 aromatic carbocycles. The van der Waals surface area contributed by atoms with E-state index in [-0.39, 0.29) is 17.7 Å². The van der Waals surface area contributed by atoms with E-state index in [1.807, 2.05) is 0 Å². The summed E-state index contributed by atoms with van der Waals surface area (Å²) in [4.78, 5) is 13.8. The third-order valence-electron chi connectivity index (χ3n) is 2.88. The van der Waals surface area contributed by atoms with Crippen LogP contribution in [0, 0.1) is 0 Å². The Bertz CT molecular complexity index is 392. The highest BCUT2D eigenvalue weighted by atomic mass is 16.3. The molecule has 2 rings (SSSR count). The molecule has 86 valence electrons. The van der Waals surface area contributed by atoms with Gasteiger partial charge in [0.15, 0.2) is 0 Å². The molecule has 1 aliphatic rings. The maximum absolute atomic E-state index is 12.1. The molecule has 3 N–H and O–H groups in total. The summed E-state index contributed by atoms with van der Waals surface area (Å²) in [5.74, 6) is -0.0973. The van der Waals surface area contributed by atoms with Crippen LogP contribution in [0.3, 0.4) is 0 Å². The van der Waals surface area contributed by atoms with E-state index in [9.17, 15) is 9.90 Å². The molecule has 4 heteroatoms. The highest BCUT2D eigenvalue weighted by molar-refractivity contribution is 5.96. The van der Waals surface area contributed by atoms with E-state index in [0.717, 1.165) is 19.4 Å². The van der Waals surface area contributed by atoms with E-state index < -0.39 is 0 Å². The van der Waals surface area contributed by atoms with Crippen molar-refractivity contribution >= 4 is 5.91 Å². The van der Waals surface area contributed by atoms with Gasteiger partial charge in [0.05, 0.1) is 5.56 Å². The van der Waals surface area contributed by atoms with Crippen molar-refractivity contribution in [3.63, 3.8) is 0 Å². The molecule has 4 nitrogen and oxygen atoms in total. The van der Waals surface area contributed by atoms with Crippen LogP contribution in [-0.2, 0) is 0 Å². The van der Waals surface area contributed by atoms with Gasteiger partial charge >= 0.3 is 0 Å². The third kappa shape index (κ3) is 2.17. The molecule has 0 bridgehead atoms. The van der Waals surface area contributed by atoms with Crippen LogP contribution in [0.1, 0.15) is 23.2 Å². The molecule has 1 aromatic rings. The van der Waals surface area contributed by atoms with Crippen molar-refractivity contribution in [2.45, 2.75) is 18.9 Å². The minimum absolute atomic E-state index is 0.0339. The highest BCUT2D eigenvalue weighted by Crippen LogP contribution is 2.19. The Morgan fingerprint density at radius 2 is 2.19 bits per heavy atom. The SMILES string of the molecule is N[C@@H]1CCCN(C(=O)c2ccccc2O)C1. The van der Waals surface area contributed by atoms with Crippen LogP contribution in [0.5, 0.6) is 5.75 Å². The summed E-state index contributed by atoms with van der Waals surface area (Å²) in [7, 11) is 0. The Kier molecular flexibility index (Phi) is 3.10. The van der Waals surface area contributed by atoms with Gasteiger partial charge in [-0.05, 0) is 25.0 Å². The summed E-state index contributed by atoms with van der Waals surface area (Å²) < 4.78 is 0. The normalized spacial score (nSPS) is 20.8. The van der Waals surface area contributed by atoms with Crippen LogP contribution >= 0.6 is 0 Å². The molecular formula is C12H16N2O2. The van der Waals surface area contributed by atoms with Crippen LogP contribution in [-0.4, -0.2) is 35.0 Å². The Labute approximate surface area is 94.7 Å². The summed E-state index contributed by atoms with van der Waals surface area (Å²) in [6, 6.07) is 6.67. The second-order valence-corrected chi connectivity index (χ2v) is 4.17. The fourth-order valence-electron chi connectivity index (χ4n) is 2.02. The lowest BCUT2D eigenvalue weighted by atomic mass is 10.1. The number of carbonyl (C=O) groups is 1. The van der Waals surface area contributed by atoms with E-state index >= 15 is 0 Å². The smallest absolute Gasteiger partial charge is 0.257 e. The topological polar surface area (TPSA) is 66.6 Å². The number of nitrogens with zero attached hydrogens (tertiary/aromatic N) is 1. The summed E-state index contributed by atoms with van der Waals surface area (Å²) in [5.41, 5.74) is 6.18. The molecule has 0 aliphatic carbocycles. The first-order chi connectivity index (χ1) is 7.68. The number of para-hydroxylation sites is 1. The zero-order chi connectivity index (χ0) is 11.5. The molecule has 1 fully saturated rings. The zero-order valence-electron chi connectivity index (χ0n) is 9.10. The number of amides is 1. The monoisotopic (exact) mass is 220 g/mol. The van der Waals surface area contributed by atoms with Crippen molar-refractivity contribution in [2.75, 3.05) is 13.1 Å². The van der Waals surface area contributed by atoms with Gasteiger partial charge in [-0.3, -0.25) is 4.79 Å². The van der Waals surface area contributed by atoms with Gasteiger partial charge in [-0.1, -0.05) is 12.1 Å². The summed E-state index contributed by atoms with van der Waals surface area (Å²) >= 11 is 0. The first-order valence-electron chi connectivity index (χ1n) is 5.51. The predicted octanol–water partition coefficient (Wildman–Crippen LogP) is 0.955. The van der Waals surface area contributed by atoms with Crippen LogP contribution in [0.2, 0.25) is 0 Å². The number of aromatic hydroxyl groups is 1. The van der Waals surface area contributed by atoms with Gasteiger partial charge in [-0.2, -0.15) is 0 Å². The third-order valence-corrected chi connectivity index (χ3v) is 2.88. The molecule has 1 heterocycles. The van der Waals surface area contributed by atoms with E-state index in [0.29, 0.717) is 12.1 Å². The molecule has 0 radical (unpaired) electrons. The molecule has 1 amide bonds. The number of hydrogen-bond acceptors (Lipinski definition) is 3. The first-order valence-corrected chi connectivity index (χ1v) is 5.51. The van der Waals surface area contributed by atoms with E-state index in [2.05, 4.69) is 0 Å². The van der Waals surface area contributed by atoms with Gasteiger partial charge in [0.2, 0.25) is 0 Å². The highest BCUT2D eigenvalue weighted by Gasteiger charge is 2.23. The Balaban J connectivity index is 2.16.